The summed E-state index contributed by atoms with van der Waals surface area (Å²) in [6.45, 7) is 6.66. The molecule has 2 aromatic rings. The molecule has 0 aromatic heterocycles. The van der Waals surface area contributed by atoms with Crippen molar-refractivity contribution in [3.8, 4) is 11.8 Å². The van der Waals surface area contributed by atoms with Gasteiger partial charge in [-0.3, -0.25) is 4.90 Å². The summed E-state index contributed by atoms with van der Waals surface area (Å²) in [5, 5.41) is 20.6. The Hall–Kier alpha value is -2.26. The highest BCUT2D eigenvalue weighted by Gasteiger charge is 2.32. The van der Waals surface area contributed by atoms with Crippen LogP contribution >= 0.6 is 11.6 Å². The summed E-state index contributed by atoms with van der Waals surface area (Å²) in [5.74, 6) is 0.864. The predicted octanol–water partition coefficient (Wildman–Crippen LogP) is 5.56. The molecule has 1 N–H and O–H groups in total. The van der Waals surface area contributed by atoms with Crippen LogP contribution in [0.5, 0.6) is 5.75 Å². The van der Waals surface area contributed by atoms with E-state index in [1.165, 1.54) is 31.5 Å². The maximum atomic E-state index is 11.0. The van der Waals surface area contributed by atoms with Crippen LogP contribution in [0.25, 0.3) is 0 Å². The second-order valence-corrected chi connectivity index (χ2v) is 9.73. The molecular weight excluding hydrogens is 434 g/mol. The third-order valence-corrected chi connectivity index (χ3v) is 7.51. The monoisotopic (exact) mass is 467 g/mol. The van der Waals surface area contributed by atoms with Gasteiger partial charge >= 0.3 is 0 Å². The Morgan fingerprint density at radius 3 is 2.39 bits per heavy atom. The molecule has 1 atom stereocenters. The lowest BCUT2D eigenvalue weighted by molar-refractivity contribution is -0.00267. The Labute approximate surface area is 202 Å². The third kappa shape index (κ3) is 5.81. The maximum absolute atomic E-state index is 11.0. The molecular formula is C27H34ClN3O2. The first kappa shape index (κ1) is 23.9. The maximum Gasteiger partial charge on any atom is 0.119 e. The molecule has 4 rings (SSSR count). The summed E-state index contributed by atoms with van der Waals surface area (Å²) in [7, 11) is 0. The van der Waals surface area contributed by atoms with Gasteiger partial charge in [0.25, 0.3) is 0 Å². The van der Waals surface area contributed by atoms with Gasteiger partial charge in [0.15, 0.2) is 0 Å². The number of halogens is 1. The van der Waals surface area contributed by atoms with Crippen LogP contribution < -0.4 is 9.64 Å². The summed E-state index contributed by atoms with van der Waals surface area (Å²) < 4.78 is 5.99. The molecule has 0 bridgehead atoms. The number of rotatable bonds is 8. The first-order valence-corrected chi connectivity index (χ1v) is 12.5. The summed E-state index contributed by atoms with van der Waals surface area (Å²) in [6, 6.07) is 16.6. The number of hydrogen-bond donors (Lipinski definition) is 1. The Morgan fingerprint density at radius 2 is 1.79 bits per heavy atom. The summed E-state index contributed by atoms with van der Waals surface area (Å²) >= 11 is 6.18. The number of ether oxygens (including phenoxy) is 1. The zero-order valence-electron chi connectivity index (χ0n) is 19.5. The standard InChI is InChI=1S/C27H34ClN3O2/c1-2-26(31-14-3-4-15-31)21-6-9-24(10-7-21)33-18-13-27(32)11-16-30(17-12-27)23-8-5-22(20-29)25(28)19-23/h5-10,19,26,32H,2-4,11-18H2,1H3. The SMILES string of the molecule is CCC(c1ccc(OCCC2(O)CCN(c3ccc(C#N)c(Cl)c3)CC2)cc1)N1CCCC1. The van der Waals surface area contributed by atoms with Crippen LogP contribution in [0.3, 0.4) is 0 Å². The van der Waals surface area contributed by atoms with Crippen LogP contribution in [0.4, 0.5) is 5.69 Å². The van der Waals surface area contributed by atoms with Crippen LogP contribution in [0.1, 0.15) is 62.6 Å². The Kier molecular flexibility index (Phi) is 7.80. The van der Waals surface area contributed by atoms with Crippen LogP contribution in [-0.4, -0.2) is 48.4 Å². The normalized spacial score (nSPS) is 19.3. The lowest BCUT2D eigenvalue weighted by Crippen LogP contribution is -2.45. The van der Waals surface area contributed by atoms with Crippen LogP contribution in [0.15, 0.2) is 42.5 Å². The minimum atomic E-state index is -0.712. The lowest BCUT2D eigenvalue weighted by atomic mass is 9.88. The van der Waals surface area contributed by atoms with Gasteiger partial charge in [0, 0.05) is 31.2 Å². The van der Waals surface area contributed by atoms with E-state index in [4.69, 9.17) is 21.6 Å². The van der Waals surface area contributed by atoms with Crippen molar-refractivity contribution in [2.45, 2.75) is 57.1 Å². The highest BCUT2D eigenvalue weighted by atomic mass is 35.5. The van der Waals surface area contributed by atoms with E-state index in [-0.39, 0.29) is 0 Å². The molecule has 2 aromatic carbocycles. The third-order valence-electron chi connectivity index (χ3n) is 7.20. The average Bonchev–Trinajstić information content (AvgIpc) is 3.35. The van der Waals surface area contributed by atoms with Crippen molar-refractivity contribution in [1.29, 1.82) is 5.26 Å². The van der Waals surface area contributed by atoms with Gasteiger partial charge in [-0.1, -0.05) is 30.7 Å². The van der Waals surface area contributed by atoms with Crippen molar-refractivity contribution in [2.24, 2.45) is 0 Å². The Morgan fingerprint density at radius 1 is 1.09 bits per heavy atom. The van der Waals surface area contributed by atoms with Crippen LogP contribution in [0, 0.1) is 11.3 Å². The Balaban J connectivity index is 1.25. The fraction of sp³-hybridized carbons (Fsp3) is 0.519. The minimum absolute atomic E-state index is 0.473. The zero-order valence-corrected chi connectivity index (χ0v) is 20.2. The van der Waals surface area contributed by atoms with Gasteiger partial charge in [-0.2, -0.15) is 5.26 Å². The van der Waals surface area contributed by atoms with E-state index in [1.807, 2.05) is 12.1 Å². The summed E-state index contributed by atoms with van der Waals surface area (Å²) in [6.07, 6.45) is 5.71. The van der Waals surface area contributed by atoms with E-state index in [0.717, 1.165) is 30.9 Å². The molecule has 33 heavy (non-hydrogen) atoms. The number of nitriles is 1. The van der Waals surface area contributed by atoms with Gasteiger partial charge < -0.3 is 14.7 Å². The molecule has 5 nitrogen and oxygen atoms in total. The smallest absolute Gasteiger partial charge is 0.119 e. The first-order valence-electron chi connectivity index (χ1n) is 12.1. The van der Waals surface area contributed by atoms with E-state index in [0.29, 0.717) is 42.5 Å². The number of nitrogens with zero attached hydrogens (tertiary/aromatic N) is 3. The molecule has 1 unspecified atom stereocenters. The molecule has 0 aliphatic carbocycles. The molecule has 2 fully saturated rings. The molecule has 0 saturated carbocycles. The number of hydrogen-bond acceptors (Lipinski definition) is 5. The molecule has 2 heterocycles. The van der Waals surface area contributed by atoms with Crippen molar-refractivity contribution in [3.05, 3.63) is 58.6 Å². The van der Waals surface area contributed by atoms with Crippen LogP contribution in [0.2, 0.25) is 5.02 Å². The van der Waals surface area contributed by atoms with E-state index in [1.54, 1.807) is 6.07 Å². The molecule has 2 aliphatic heterocycles. The van der Waals surface area contributed by atoms with Gasteiger partial charge in [0.1, 0.15) is 11.8 Å². The Bertz CT molecular complexity index is 958. The summed E-state index contributed by atoms with van der Waals surface area (Å²) in [4.78, 5) is 4.80. The zero-order chi connectivity index (χ0) is 23.3. The average molecular weight is 468 g/mol. The lowest BCUT2D eigenvalue weighted by Gasteiger charge is -2.39. The van der Waals surface area contributed by atoms with Crippen molar-refractivity contribution < 1.29 is 9.84 Å². The molecule has 0 spiro atoms. The molecule has 2 aliphatic rings. The first-order chi connectivity index (χ1) is 16.0. The molecule has 176 valence electrons. The quantitative estimate of drug-likeness (QED) is 0.550. The number of piperidine rings is 1. The number of aliphatic hydroxyl groups is 1. The number of benzene rings is 2. The van der Waals surface area contributed by atoms with E-state index in [9.17, 15) is 5.11 Å². The highest BCUT2D eigenvalue weighted by molar-refractivity contribution is 6.32. The van der Waals surface area contributed by atoms with E-state index < -0.39 is 5.60 Å². The van der Waals surface area contributed by atoms with E-state index in [2.05, 4.69) is 47.1 Å². The number of anilines is 1. The van der Waals surface area contributed by atoms with Gasteiger partial charge in [0.2, 0.25) is 0 Å². The van der Waals surface area contributed by atoms with Crippen molar-refractivity contribution in [2.75, 3.05) is 37.7 Å². The molecule has 6 heteroatoms. The van der Waals surface area contributed by atoms with Gasteiger partial charge in [0.05, 0.1) is 22.8 Å². The van der Waals surface area contributed by atoms with Crippen molar-refractivity contribution >= 4 is 17.3 Å². The fourth-order valence-electron chi connectivity index (χ4n) is 5.13. The largest absolute Gasteiger partial charge is 0.493 e. The topological polar surface area (TPSA) is 59.7 Å². The van der Waals surface area contributed by atoms with Gasteiger partial charge in [-0.25, -0.2) is 0 Å². The molecule has 0 radical (unpaired) electrons. The second kappa shape index (κ2) is 10.8. The van der Waals surface area contributed by atoms with Crippen molar-refractivity contribution in [1.82, 2.24) is 4.90 Å². The summed E-state index contributed by atoms with van der Waals surface area (Å²) in [5.41, 5.74) is 2.13. The molecule has 0 amide bonds. The fourth-order valence-corrected chi connectivity index (χ4v) is 5.34. The predicted molar refractivity (Wildman–Crippen MR) is 133 cm³/mol. The van der Waals surface area contributed by atoms with Gasteiger partial charge in [-0.15, -0.1) is 0 Å². The van der Waals surface area contributed by atoms with Gasteiger partial charge in [-0.05, 0) is 81.1 Å². The number of likely N-dealkylation sites (tertiary alicyclic amines) is 1. The van der Waals surface area contributed by atoms with E-state index >= 15 is 0 Å². The molecule has 2 saturated heterocycles. The minimum Gasteiger partial charge on any atom is -0.493 e. The highest BCUT2D eigenvalue weighted by Crippen LogP contribution is 2.32. The van der Waals surface area contributed by atoms with Crippen molar-refractivity contribution in [3.63, 3.8) is 0 Å². The van der Waals surface area contributed by atoms with Crippen LogP contribution in [-0.2, 0) is 0 Å². The second-order valence-electron chi connectivity index (χ2n) is 9.32.